The Morgan fingerprint density at radius 2 is 1.27 bits per heavy atom. The Balaban J connectivity index is 1.54. The molecule has 1 unspecified atom stereocenters. The lowest BCUT2D eigenvalue weighted by Crippen LogP contribution is -2.30. The molecule has 218 valence electrons. The number of halogens is 1. The summed E-state index contributed by atoms with van der Waals surface area (Å²) in [5, 5.41) is 11.2. The Bertz CT molecular complexity index is 1090. The van der Waals surface area contributed by atoms with Crippen molar-refractivity contribution >= 4 is 33.4 Å². The Morgan fingerprint density at radius 3 is 1.77 bits per heavy atom. The van der Waals surface area contributed by atoms with Gasteiger partial charge in [0.1, 0.15) is 11.5 Å². The number of Topliss-reactive ketones (excluding diaryl/α,β-unsaturated/α-hetero) is 1. The molecule has 5 nitrogen and oxygen atoms in total. The van der Waals surface area contributed by atoms with Crippen molar-refractivity contribution in [2.45, 2.75) is 103 Å². The fourth-order valence-electron chi connectivity index (χ4n) is 5.48. The first kappa shape index (κ1) is 31.9. The van der Waals surface area contributed by atoms with E-state index in [1.165, 1.54) is 70.6 Å². The number of rotatable bonds is 18. The summed E-state index contributed by atoms with van der Waals surface area (Å²) in [6.45, 7) is 2.75. The summed E-state index contributed by atoms with van der Waals surface area (Å²) >= 11 is 3.47. The van der Waals surface area contributed by atoms with Crippen molar-refractivity contribution in [3.63, 3.8) is 0 Å². The van der Waals surface area contributed by atoms with E-state index < -0.39 is 17.7 Å². The first-order valence-electron chi connectivity index (χ1n) is 15.2. The van der Waals surface area contributed by atoms with Crippen molar-refractivity contribution in [2.24, 2.45) is 0 Å². The highest BCUT2D eigenvalue weighted by molar-refractivity contribution is 9.10. The summed E-state index contributed by atoms with van der Waals surface area (Å²) in [7, 11) is 1.57. The minimum absolute atomic E-state index is 0.142. The van der Waals surface area contributed by atoms with Crippen LogP contribution in [0.3, 0.4) is 0 Å². The highest BCUT2D eigenvalue weighted by Gasteiger charge is 2.45. The van der Waals surface area contributed by atoms with Gasteiger partial charge in [-0.25, -0.2) is 0 Å². The number of carbonyl (C=O) groups is 2. The third kappa shape index (κ3) is 9.22. The van der Waals surface area contributed by atoms with Gasteiger partial charge in [0.2, 0.25) is 0 Å². The summed E-state index contributed by atoms with van der Waals surface area (Å²) in [5.74, 6) is -0.680. The molecule has 0 aliphatic carbocycles. The third-order valence-electron chi connectivity index (χ3n) is 7.84. The van der Waals surface area contributed by atoms with E-state index in [2.05, 4.69) is 22.9 Å². The molecule has 1 saturated heterocycles. The molecular weight excluding hydrogens is 566 g/mol. The van der Waals surface area contributed by atoms with Gasteiger partial charge < -0.3 is 14.7 Å². The van der Waals surface area contributed by atoms with Crippen LogP contribution in [-0.4, -0.2) is 35.4 Å². The van der Waals surface area contributed by atoms with Crippen molar-refractivity contribution in [2.75, 3.05) is 13.7 Å². The first-order chi connectivity index (χ1) is 19.5. The zero-order valence-corrected chi connectivity index (χ0v) is 25.9. The van der Waals surface area contributed by atoms with Crippen LogP contribution in [0.25, 0.3) is 5.76 Å². The highest BCUT2D eigenvalue weighted by Crippen LogP contribution is 2.40. The minimum Gasteiger partial charge on any atom is -0.507 e. The molecule has 2 aromatic carbocycles. The lowest BCUT2D eigenvalue weighted by atomic mass is 9.95. The van der Waals surface area contributed by atoms with Gasteiger partial charge in [-0.2, -0.15) is 0 Å². The largest absolute Gasteiger partial charge is 0.507 e. The summed E-state index contributed by atoms with van der Waals surface area (Å²) in [4.78, 5) is 28.0. The van der Waals surface area contributed by atoms with Crippen LogP contribution in [0.15, 0.2) is 58.6 Å². The summed E-state index contributed by atoms with van der Waals surface area (Å²) in [6, 6.07) is 13.9. The lowest BCUT2D eigenvalue weighted by Gasteiger charge is -2.25. The van der Waals surface area contributed by atoms with Gasteiger partial charge in [0.25, 0.3) is 11.7 Å². The smallest absolute Gasteiger partial charge is 0.295 e. The van der Waals surface area contributed by atoms with Gasteiger partial charge >= 0.3 is 0 Å². The standard InChI is InChI=1S/C34H46BrNO4/c1-3-4-5-6-7-8-9-10-11-12-13-14-15-16-25-36-31(26-17-21-28(35)22-18-26)30(33(38)34(36)39)32(37)27-19-23-29(40-2)24-20-27/h17-24,31,37H,3-16,25H2,1-2H3/b32-30-. The molecule has 1 atom stereocenters. The first-order valence-corrected chi connectivity index (χ1v) is 16.0. The predicted octanol–water partition coefficient (Wildman–Crippen LogP) is 9.36. The second-order valence-corrected chi connectivity index (χ2v) is 11.8. The van der Waals surface area contributed by atoms with Crippen LogP contribution in [0, 0.1) is 0 Å². The van der Waals surface area contributed by atoms with Crippen LogP contribution < -0.4 is 4.74 Å². The molecule has 0 saturated carbocycles. The Kier molecular flexibility index (Phi) is 13.8. The summed E-state index contributed by atoms with van der Waals surface area (Å²) in [6.07, 6.45) is 17.7. The number of aliphatic hydroxyl groups excluding tert-OH is 1. The number of likely N-dealkylation sites (tertiary alicyclic amines) is 1. The van der Waals surface area contributed by atoms with Gasteiger partial charge in [-0.3, -0.25) is 9.59 Å². The van der Waals surface area contributed by atoms with Crippen molar-refractivity contribution in [3.05, 3.63) is 69.7 Å². The molecule has 0 spiro atoms. The second-order valence-electron chi connectivity index (χ2n) is 10.9. The van der Waals surface area contributed by atoms with Crippen molar-refractivity contribution in [1.82, 2.24) is 4.90 Å². The number of hydrogen-bond acceptors (Lipinski definition) is 4. The zero-order chi connectivity index (χ0) is 28.7. The molecule has 2 aromatic rings. The van der Waals surface area contributed by atoms with Crippen LogP contribution in [0.2, 0.25) is 0 Å². The lowest BCUT2D eigenvalue weighted by molar-refractivity contribution is -0.139. The zero-order valence-electron chi connectivity index (χ0n) is 24.3. The molecule has 1 heterocycles. The van der Waals surface area contributed by atoms with Crippen LogP contribution >= 0.6 is 15.9 Å². The molecule has 0 aromatic heterocycles. The topological polar surface area (TPSA) is 66.8 Å². The van der Waals surface area contributed by atoms with E-state index >= 15 is 0 Å². The fraction of sp³-hybridized carbons (Fsp3) is 0.529. The number of methoxy groups -OCH3 is 1. The highest BCUT2D eigenvalue weighted by atomic mass is 79.9. The number of nitrogens with zero attached hydrogens (tertiary/aromatic N) is 1. The molecule has 40 heavy (non-hydrogen) atoms. The maximum absolute atomic E-state index is 13.2. The van der Waals surface area contributed by atoms with Gasteiger partial charge in [-0.05, 0) is 48.4 Å². The van der Waals surface area contributed by atoms with E-state index in [-0.39, 0.29) is 11.3 Å². The predicted molar refractivity (Wildman–Crippen MR) is 166 cm³/mol. The molecule has 0 bridgehead atoms. The number of aliphatic hydroxyl groups is 1. The fourth-order valence-corrected chi connectivity index (χ4v) is 5.75. The molecule has 6 heteroatoms. The molecule has 0 radical (unpaired) electrons. The van der Waals surface area contributed by atoms with Crippen molar-refractivity contribution < 1.29 is 19.4 Å². The number of unbranched alkanes of at least 4 members (excludes halogenated alkanes) is 13. The van der Waals surface area contributed by atoms with E-state index in [4.69, 9.17) is 4.74 Å². The molecule has 1 aliphatic rings. The van der Waals surface area contributed by atoms with Gasteiger partial charge in [-0.1, -0.05) is 118 Å². The van der Waals surface area contributed by atoms with E-state index in [0.29, 0.717) is 17.9 Å². The molecule has 1 amide bonds. The van der Waals surface area contributed by atoms with Crippen LogP contribution in [0.1, 0.15) is 114 Å². The van der Waals surface area contributed by atoms with Gasteiger partial charge in [-0.15, -0.1) is 0 Å². The average Bonchev–Trinajstić information content (AvgIpc) is 3.22. The number of carbonyl (C=O) groups excluding carboxylic acids is 2. The number of hydrogen-bond donors (Lipinski definition) is 1. The van der Waals surface area contributed by atoms with E-state index in [9.17, 15) is 14.7 Å². The maximum Gasteiger partial charge on any atom is 0.295 e. The van der Waals surface area contributed by atoms with Crippen LogP contribution in [0.5, 0.6) is 5.75 Å². The van der Waals surface area contributed by atoms with E-state index in [0.717, 1.165) is 29.3 Å². The van der Waals surface area contributed by atoms with Gasteiger partial charge in [0.05, 0.1) is 18.7 Å². The number of benzene rings is 2. The number of ketones is 1. The Labute approximate surface area is 249 Å². The molecular formula is C34H46BrNO4. The number of amides is 1. The summed E-state index contributed by atoms with van der Waals surface area (Å²) < 4.78 is 6.13. The van der Waals surface area contributed by atoms with Crippen molar-refractivity contribution in [1.29, 1.82) is 0 Å². The monoisotopic (exact) mass is 611 g/mol. The maximum atomic E-state index is 13.2. The minimum atomic E-state index is -0.633. The third-order valence-corrected chi connectivity index (χ3v) is 8.37. The quantitative estimate of drug-likeness (QED) is 0.0789. The van der Waals surface area contributed by atoms with Crippen LogP contribution in [0.4, 0.5) is 0 Å². The SMILES string of the molecule is CCCCCCCCCCCCCCCCN1C(=O)C(=O)/C(=C(\O)c2ccc(OC)cc2)C1c1ccc(Br)cc1. The molecule has 3 rings (SSSR count). The second kappa shape index (κ2) is 17.3. The average molecular weight is 613 g/mol. The normalized spacial score (nSPS) is 16.6. The molecule has 1 fully saturated rings. The Hall–Kier alpha value is -2.60. The summed E-state index contributed by atoms with van der Waals surface area (Å²) in [5.41, 5.74) is 1.43. The Morgan fingerprint density at radius 1 is 0.775 bits per heavy atom. The number of ether oxygens (including phenoxy) is 1. The molecule has 1 aliphatic heterocycles. The van der Waals surface area contributed by atoms with Crippen LogP contribution in [-0.2, 0) is 9.59 Å². The van der Waals surface area contributed by atoms with Crippen molar-refractivity contribution in [3.8, 4) is 5.75 Å². The van der Waals surface area contributed by atoms with E-state index in [1.54, 1.807) is 36.3 Å². The van der Waals surface area contributed by atoms with Gasteiger partial charge in [0, 0.05) is 16.6 Å². The van der Waals surface area contributed by atoms with Gasteiger partial charge in [0.15, 0.2) is 0 Å². The molecule has 1 N–H and O–H groups in total. The van der Waals surface area contributed by atoms with E-state index in [1.807, 2.05) is 24.3 Å².